The fraction of sp³-hybridized carbons (Fsp3) is 0.333. The number of fused-ring (bicyclic) bond motifs is 1. The van der Waals surface area contributed by atoms with Crippen molar-refractivity contribution in [1.82, 2.24) is 9.88 Å². The molecule has 1 fully saturated rings. The second-order valence-electron chi connectivity index (χ2n) is 6.15. The SMILES string of the molecule is O=C1C=C(Oc2ccc3cc[nH]c3c2)C(=O)N1CC1CCOCC1. The second-order valence-corrected chi connectivity index (χ2v) is 6.15. The molecule has 124 valence electrons. The second kappa shape index (κ2) is 6.13. The van der Waals surface area contributed by atoms with Gasteiger partial charge in [-0.25, -0.2) is 0 Å². The zero-order valence-electron chi connectivity index (χ0n) is 13.2. The number of hydrogen-bond acceptors (Lipinski definition) is 4. The van der Waals surface area contributed by atoms with Crippen LogP contribution < -0.4 is 4.74 Å². The zero-order chi connectivity index (χ0) is 16.5. The number of aromatic nitrogens is 1. The van der Waals surface area contributed by atoms with Crippen molar-refractivity contribution in [2.24, 2.45) is 5.92 Å². The Morgan fingerprint density at radius 3 is 2.88 bits per heavy atom. The first-order chi connectivity index (χ1) is 11.7. The number of H-pyrrole nitrogens is 1. The Bertz CT molecular complexity index is 817. The first-order valence-electron chi connectivity index (χ1n) is 8.11. The summed E-state index contributed by atoms with van der Waals surface area (Å²) in [6, 6.07) is 7.46. The largest absolute Gasteiger partial charge is 0.451 e. The highest BCUT2D eigenvalue weighted by Crippen LogP contribution is 2.25. The molecule has 1 aromatic carbocycles. The number of amides is 2. The lowest BCUT2D eigenvalue weighted by Gasteiger charge is -2.25. The van der Waals surface area contributed by atoms with Gasteiger partial charge in [-0.15, -0.1) is 0 Å². The van der Waals surface area contributed by atoms with Gasteiger partial charge in [0.2, 0.25) is 0 Å². The third kappa shape index (κ3) is 2.80. The van der Waals surface area contributed by atoms with E-state index in [2.05, 4.69) is 4.98 Å². The van der Waals surface area contributed by atoms with Crippen molar-refractivity contribution in [3.63, 3.8) is 0 Å². The molecule has 0 saturated carbocycles. The van der Waals surface area contributed by atoms with Crippen LogP contribution in [0.1, 0.15) is 12.8 Å². The highest BCUT2D eigenvalue weighted by Gasteiger charge is 2.34. The minimum Gasteiger partial charge on any atom is -0.451 e. The summed E-state index contributed by atoms with van der Waals surface area (Å²) >= 11 is 0. The van der Waals surface area contributed by atoms with E-state index in [0.717, 1.165) is 23.7 Å². The number of aromatic amines is 1. The molecule has 6 nitrogen and oxygen atoms in total. The van der Waals surface area contributed by atoms with E-state index in [9.17, 15) is 9.59 Å². The number of carbonyl (C=O) groups is 2. The average molecular weight is 326 g/mol. The van der Waals surface area contributed by atoms with Crippen molar-refractivity contribution >= 4 is 22.7 Å². The number of ether oxygens (including phenoxy) is 2. The summed E-state index contributed by atoms with van der Waals surface area (Å²) < 4.78 is 11.0. The number of hydrogen-bond donors (Lipinski definition) is 1. The molecule has 3 heterocycles. The van der Waals surface area contributed by atoms with Gasteiger partial charge in [0.05, 0.1) is 6.08 Å². The number of nitrogens with one attached hydrogen (secondary N) is 1. The quantitative estimate of drug-likeness (QED) is 0.875. The molecule has 2 aromatic rings. The summed E-state index contributed by atoms with van der Waals surface area (Å²) in [4.78, 5) is 29.0. The molecular weight excluding hydrogens is 308 g/mol. The fourth-order valence-electron chi connectivity index (χ4n) is 3.14. The fourth-order valence-corrected chi connectivity index (χ4v) is 3.14. The van der Waals surface area contributed by atoms with Crippen LogP contribution in [0.2, 0.25) is 0 Å². The first kappa shape index (κ1) is 15.0. The summed E-state index contributed by atoms with van der Waals surface area (Å²) in [6.45, 7) is 1.81. The number of benzene rings is 1. The Kier molecular flexibility index (Phi) is 3.82. The standard InChI is InChI=1S/C18H18N2O4/c21-17-10-16(18(22)20(17)11-12-4-7-23-8-5-12)24-14-2-1-13-3-6-19-15(13)9-14/h1-3,6,9-10,12,19H,4-5,7-8,11H2. The number of nitrogens with zero attached hydrogens (tertiary/aromatic N) is 1. The van der Waals surface area contributed by atoms with Gasteiger partial charge in [-0.2, -0.15) is 0 Å². The lowest BCUT2D eigenvalue weighted by molar-refractivity contribution is -0.139. The van der Waals surface area contributed by atoms with E-state index < -0.39 is 0 Å². The monoisotopic (exact) mass is 326 g/mol. The molecule has 2 amide bonds. The first-order valence-corrected chi connectivity index (χ1v) is 8.11. The Morgan fingerprint density at radius 1 is 1.21 bits per heavy atom. The summed E-state index contributed by atoms with van der Waals surface area (Å²) in [7, 11) is 0. The van der Waals surface area contributed by atoms with Crippen LogP contribution in [0.4, 0.5) is 0 Å². The lowest BCUT2D eigenvalue weighted by Crippen LogP contribution is -2.37. The lowest BCUT2D eigenvalue weighted by atomic mass is 10.00. The van der Waals surface area contributed by atoms with E-state index in [1.807, 2.05) is 24.4 Å². The average Bonchev–Trinajstić information content (AvgIpc) is 3.16. The molecule has 6 heteroatoms. The highest BCUT2D eigenvalue weighted by molar-refractivity contribution is 6.15. The summed E-state index contributed by atoms with van der Waals surface area (Å²) in [5.74, 6) is 0.249. The number of imide groups is 1. The summed E-state index contributed by atoms with van der Waals surface area (Å²) in [5, 5.41) is 1.06. The minimum absolute atomic E-state index is 0.0814. The molecule has 0 radical (unpaired) electrons. The maximum atomic E-state index is 12.5. The van der Waals surface area contributed by atoms with Crippen LogP contribution in [0.25, 0.3) is 10.9 Å². The maximum Gasteiger partial charge on any atom is 0.296 e. The maximum absolute atomic E-state index is 12.5. The molecule has 1 N–H and O–H groups in total. The number of carbonyl (C=O) groups excluding carboxylic acids is 2. The highest BCUT2D eigenvalue weighted by atomic mass is 16.5. The van der Waals surface area contributed by atoms with E-state index in [1.165, 1.54) is 11.0 Å². The van der Waals surface area contributed by atoms with E-state index in [4.69, 9.17) is 9.47 Å². The third-order valence-electron chi connectivity index (χ3n) is 4.51. The molecule has 1 saturated heterocycles. The van der Waals surface area contributed by atoms with Crippen LogP contribution in [0.5, 0.6) is 5.75 Å². The van der Waals surface area contributed by atoms with E-state index >= 15 is 0 Å². The van der Waals surface area contributed by atoms with Gasteiger partial charge in [-0.3, -0.25) is 14.5 Å². The Balaban J connectivity index is 1.46. The molecular formula is C18H18N2O4. The van der Waals surface area contributed by atoms with Gasteiger partial charge in [0.25, 0.3) is 11.8 Å². The van der Waals surface area contributed by atoms with E-state index in [1.54, 1.807) is 6.07 Å². The Hall–Kier alpha value is -2.60. The minimum atomic E-state index is -0.363. The van der Waals surface area contributed by atoms with Crippen LogP contribution in [0.3, 0.4) is 0 Å². The molecule has 0 aliphatic carbocycles. The Labute approximate surface area is 139 Å². The topological polar surface area (TPSA) is 71.6 Å². The smallest absolute Gasteiger partial charge is 0.296 e. The zero-order valence-corrected chi connectivity index (χ0v) is 13.2. The normalized spacial score (nSPS) is 19.2. The third-order valence-corrected chi connectivity index (χ3v) is 4.51. The predicted molar refractivity (Wildman–Crippen MR) is 87.3 cm³/mol. The van der Waals surface area contributed by atoms with Crippen LogP contribution in [0.15, 0.2) is 42.3 Å². The van der Waals surface area contributed by atoms with Crippen LogP contribution in [-0.2, 0) is 14.3 Å². The number of rotatable bonds is 4. The molecule has 0 atom stereocenters. The molecule has 2 aliphatic rings. The van der Waals surface area contributed by atoms with E-state index in [0.29, 0.717) is 31.4 Å². The van der Waals surface area contributed by atoms with Gasteiger partial charge in [-0.1, -0.05) is 0 Å². The summed E-state index contributed by atoms with van der Waals surface area (Å²) in [5.41, 5.74) is 0.920. The van der Waals surface area contributed by atoms with Crippen LogP contribution in [0, 0.1) is 5.92 Å². The van der Waals surface area contributed by atoms with Crippen LogP contribution >= 0.6 is 0 Å². The van der Waals surface area contributed by atoms with Gasteiger partial charge in [0, 0.05) is 37.5 Å². The molecule has 24 heavy (non-hydrogen) atoms. The molecule has 0 spiro atoms. The van der Waals surface area contributed by atoms with E-state index in [-0.39, 0.29) is 17.6 Å². The molecule has 1 aromatic heterocycles. The van der Waals surface area contributed by atoms with Gasteiger partial charge < -0.3 is 14.5 Å². The van der Waals surface area contributed by atoms with Crippen molar-refractivity contribution in [3.8, 4) is 5.75 Å². The van der Waals surface area contributed by atoms with Crippen molar-refractivity contribution < 1.29 is 19.1 Å². The Morgan fingerprint density at radius 2 is 2.04 bits per heavy atom. The molecule has 2 aliphatic heterocycles. The molecule has 4 rings (SSSR count). The summed E-state index contributed by atoms with van der Waals surface area (Å²) in [6.07, 6.45) is 4.86. The van der Waals surface area contributed by atoms with Crippen LogP contribution in [-0.4, -0.2) is 41.5 Å². The van der Waals surface area contributed by atoms with Gasteiger partial charge in [-0.05, 0) is 42.3 Å². The van der Waals surface area contributed by atoms with Gasteiger partial charge in [0.15, 0.2) is 5.76 Å². The van der Waals surface area contributed by atoms with Crippen molar-refractivity contribution in [3.05, 3.63) is 42.3 Å². The van der Waals surface area contributed by atoms with Crippen molar-refractivity contribution in [2.75, 3.05) is 19.8 Å². The molecule has 0 unspecified atom stereocenters. The molecule has 0 bridgehead atoms. The predicted octanol–water partition coefficient (Wildman–Crippen LogP) is 2.23. The van der Waals surface area contributed by atoms with Gasteiger partial charge in [0.1, 0.15) is 5.75 Å². The van der Waals surface area contributed by atoms with Gasteiger partial charge >= 0.3 is 0 Å². The van der Waals surface area contributed by atoms with Crippen molar-refractivity contribution in [1.29, 1.82) is 0 Å². The van der Waals surface area contributed by atoms with Crippen molar-refractivity contribution in [2.45, 2.75) is 12.8 Å².